The number of amides is 1. The summed E-state index contributed by atoms with van der Waals surface area (Å²) >= 11 is 0. The van der Waals surface area contributed by atoms with E-state index in [1.165, 1.54) is 12.3 Å². The quantitative estimate of drug-likeness (QED) is 0.574. The summed E-state index contributed by atoms with van der Waals surface area (Å²) in [6, 6.07) is 18.0. The highest BCUT2D eigenvalue weighted by Gasteiger charge is 2.45. The van der Waals surface area contributed by atoms with Gasteiger partial charge in [0.25, 0.3) is 5.91 Å². The molecule has 0 bridgehead atoms. The zero-order valence-corrected chi connectivity index (χ0v) is 16.3. The number of aromatic nitrogens is 2. The van der Waals surface area contributed by atoms with Crippen LogP contribution >= 0.6 is 0 Å². The third-order valence-electron chi connectivity index (χ3n) is 5.07. The summed E-state index contributed by atoms with van der Waals surface area (Å²) in [5.41, 5.74) is 1.49. The number of hydrogen-bond donors (Lipinski definition) is 3. The van der Waals surface area contributed by atoms with Crippen molar-refractivity contribution in [2.75, 3.05) is 11.9 Å². The number of rotatable bonds is 5. The summed E-state index contributed by atoms with van der Waals surface area (Å²) in [5.74, 6) is -0.466. The Labute approximate surface area is 176 Å². The van der Waals surface area contributed by atoms with Crippen LogP contribution in [0.25, 0.3) is 11.1 Å². The minimum absolute atomic E-state index is 0.00829. The summed E-state index contributed by atoms with van der Waals surface area (Å²) in [6.45, 7) is -0.586. The molecule has 0 unspecified atom stereocenters. The van der Waals surface area contributed by atoms with Crippen LogP contribution in [0, 0.1) is 0 Å². The van der Waals surface area contributed by atoms with Gasteiger partial charge >= 0.3 is 5.69 Å². The van der Waals surface area contributed by atoms with Crippen molar-refractivity contribution in [3.63, 3.8) is 0 Å². The monoisotopic (exact) mass is 425 g/mol. The molecule has 3 N–H and O–H groups in total. The van der Waals surface area contributed by atoms with Crippen molar-refractivity contribution < 1.29 is 24.1 Å². The van der Waals surface area contributed by atoms with E-state index >= 15 is 0 Å². The van der Waals surface area contributed by atoms with Gasteiger partial charge in [-0.2, -0.15) is 4.98 Å². The molecule has 4 rings (SSSR count). The van der Waals surface area contributed by atoms with Crippen LogP contribution in [0.2, 0.25) is 0 Å². The van der Waals surface area contributed by atoms with Gasteiger partial charge in [-0.1, -0.05) is 42.5 Å². The Morgan fingerprint density at radius 3 is 2.39 bits per heavy atom. The number of nitrogens with one attached hydrogen (secondary N) is 1. The highest BCUT2D eigenvalue weighted by molar-refractivity contribution is 6.03. The molecule has 0 saturated carbocycles. The molecule has 2 heterocycles. The molecule has 8 nitrogen and oxygen atoms in total. The molecule has 31 heavy (non-hydrogen) atoms. The largest absolute Gasteiger partial charge is 0.394 e. The molecule has 1 aliphatic rings. The zero-order chi connectivity index (χ0) is 22.0. The van der Waals surface area contributed by atoms with Gasteiger partial charge in [0, 0.05) is 11.8 Å². The first kappa shape index (κ1) is 20.9. The first-order valence-corrected chi connectivity index (χ1v) is 9.62. The van der Waals surface area contributed by atoms with Crippen LogP contribution in [0.3, 0.4) is 0 Å². The molecule has 2 aromatic carbocycles. The minimum atomic E-state index is -1.90. The van der Waals surface area contributed by atoms with Gasteiger partial charge in [-0.3, -0.25) is 9.36 Å². The van der Waals surface area contributed by atoms with Gasteiger partial charge in [-0.25, -0.2) is 9.18 Å². The van der Waals surface area contributed by atoms with Gasteiger partial charge < -0.3 is 20.3 Å². The summed E-state index contributed by atoms with van der Waals surface area (Å²) < 4.78 is 20.3. The van der Waals surface area contributed by atoms with Gasteiger partial charge in [-0.05, 0) is 29.3 Å². The summed E-state index contributed by atoms with van der Waals surface area (Å²) in [6.07, 6.45) is -4.79. The number of aliphatic hydroxyl groups excluding tert-OH is 2. The Hall–Kier alpha value is -3.40. The number of aliphatic hydroxyl groups is 2. The van der Waals surface area contributed by atoms with Crippen LogP contribution in [0.4, 0.5) is 10.2 Å². The lowest BCUT2D eigenvalue weighted by atomic mass is 10.0. The second-order valence-corrected chi connectivity index (χ2v) is 7.08. The number of carbonyl (C=O) groups is 1. The lowest BCUT2D eigenvalue weighted by molar-refractivity contribution is -0.0490. The fourth-order valence-electron chi connectivity index (χ4n) is 3.39. The van der Waals surface area contributed by atoms with Crippen molar-refractivity contribution in [1.82, 2.24) is 9.55 Å². The normalized spacial score (nSPS) is 22.9. The molecular weight excluding hydrogens is 405 g/mol. The summed E-state index contributed by atoms with van der Waals surface area (Å²) in [5, 5.41) is 21.4. The van der Waals surface area contributed by atoms with E-state index in [9.17, 15) is 19.1 Å². The van der Waals surface area contributed by atoms with E-state index in [2.05, 4.69) is 10.3 Å². The molecule has 4 atom stereocenters. The molecule has 160 valence electrons. The maximum atomic E-state index is 14.2. The predicted octanol–water partition coefficient (Wildman–Crippen LogP) is 1.75. The molecule has 1 amide bonds. The van der Waals surface area contributed by atoms with E-state index in [1.807, 2.05) is 42.5 Å². The standard InChI is InChI=1S/C22H20FN3O5/c23-18-19(28)16(12-27)31-21(18)26-11-10-17(25-22(26)30)24-20(29)15-8-6-14(7-9-15)13-4-2-1-3-5-13/h1-11,16,18-19,21,27-28H,12H2,(H,24,25,29,30)/t16-,18-,19-,21-/m1/s1. The van der Waals surface area contributed by atoms with Crippen molar-refractivity contribution in [3.05, 3.63) is 82.9 Å². The lowest BCUT2D eigenvalue weighted by Gasteiger charge is -2.16. The van der Waals surface area contributed by atoms with Crippen LogP contribution < -0.4 is 11.0 Å². The summed E-state index contributed by atoms with van der Waals surface area (Å²) in [4.78, 5) is 28.5. The lowest BCUT2D eigenvalue weighted by Crippen LogP contribution is -2.33. The van der Waals surface area contributed by atoms with Crippen molar-refractivity contribution >= 4 is 11.7 Å². The fraction of sp³-hybridized carbons (Fsp3) is 0.227. The topological polar surface area (TPSA) is 114 Å². The van der Waals surface area contributed by atoms with E-state index in [4.69, 9.17) is 9.84 Å². The van der Waals surface area contributed by atoms with Crippen molar-refractivity contribution in [3.8, 4) is 11.1 Å². The second kappa shape index (κ2) is 8.76. The van der Waals surface area contributed by atoms with Gasteiger partial charge in [0.2, 0.25) is 0 Å². The van der Waals surface area contributed by atoms with Gasteiger partial charge in [-0.15, -0.1) is 0 Å². The number of hydrogen-bond acceptors (Lipinski definition) is 6. The Kier molecular flexibility index (Phi) is 5.90. The maximum Gasteiger partial charge on any atom is 0.351 e. The van der Waals surface area contributed by atoms with E-state index in [0.29, 0.717) is 5.56 Å². The highest BCUT2D eigenvalue weighted by atomic mass is 19.1. The molecule has 9 heteroatoms. The van der Waals surface area contributed by atoms with Gasteiger partial charge in [0.05, 0.1) is 6.61 Å². The van der Waals surface area contributed by atoms with Crippen LogP contribution in [0.15, 0.2) is 71.7 Å². The maximum absolute atomic E-state index is 14.2. The second-order valence-electron chi connectivity index (χ2n) is 7.08. The SMILES string of the molecule is O=C(Nc1ccn([C@@H]2O[C@H](CO)[C@@H](O)[C@H]2F)c(=O)n1)c1ccc(-c2ccccc2)cc1. The molecule has 0 radical (unpaired) electrons. The molecule has 1 fully saturated rings. The highest BCUT2D eigenvalue weighted by Crippen LogP contribution is 2.30. The number of alkyl halides is 1. The number of ether oxygens (including phenoxy) is 1. The van der Waals surface area contributed by atoms with E-state index in [-0.39, 0.29) is 5.82 Å². The number of benzene rings is 2. The molecule has 1 aliphatic heterocycles. The number of carbonyl (C=O) groups excluding carboxylic acids is 1. The van der Waals surface area contributed by atoms with E-state index in [1.54, 1.807) is 12.1 Å². The Morgan fingerprint density at radius 2 is 1.77 bits per heavy atom. The molecule has 0 aliphatic carbocycles. The number of halogens is 1. The average Bonchev–Trinajstić information content (AvgIpc) is 3.08. The average molecular weight is 425 g/mol. The first-order valence-electron chi connectivity index (χ1n) is 9.62. The third-order valence-corrected chi connectivity index (χ3v) is 5.07. The number of anilines is 1. The number of nitrogens with zero attached hydrogens (tertiary/aromatic N) is 2. The van der Waals surface area contributed by atoms with Crippen LogP contribution in [0.1, 0.15) is 16.6 Å². The fourth-order valence-corrected chi connectivity index (χ4v) is 3.39. The van der Waals surface area contributed by atoms with Gasteiger partial charge in [0.1, 0.15) is 18.0 Å². The zero-order valence-electron chi connectivity index (χ0n) is 16.3. The molecule has 0 spiro atoms. The Bertz CT molecular complexity index is 1120. The summed E-state index contributed by atoms with van der Waals surface area (Å²) in [7, 11) is 0. The van der Waals surface area contributed by atoms with Crippen molar-refractivity contribution in [1.29, 1.82) is 0 Å². The van der Waals surface area contributed by atoms with E-state index in [0.717, 1.165) is 15.7 Å². The van der Waals surface area contributed by atoms with Crippen LogP contribution in [-0.2, 0) is 4.74 Å². The van der Waals surface area contributed by atoms with Crippen molar-refractivity contribution in [2.45, 2.75) is 24.6 Å². The van der Waals surface area contributed by atoms with Crippen LogP contribution in [0.5, 0.6) is 0 Å². The third kappa shape index (κ3) is 4.24. The minimum Gasteiger partial charge on any atom is -0.394 e. The van der Waals surface area contributed by atoms with Crippen molar-refractivity contribution in [2.24, 2.45) is 0 Å². The van der Waals surface area contributed by atoms with E-state index < -0.39 is 42.8 Å². The molecule has 1 aromatic heterocycles. The molecule has 3 aromatic rings. The molecule has 1 saturated heterocycles. The van der Waals surface area contributed by atoms with Crippen LogP contribution in [-0.4, -0.2) is 50.7 Å². The Balaban J connectivity index is 1.47. The smallest absolute Gasteiger partial charge is 0.351 e. The first-order chi connectivity index (χ1) is 15.0. The Morgan fingerprint density at radius 1 is 1.10 bits per heavy atom. The van der Waals surface area contributed by atoms with Gasteiger partial charge in [0.15, 0.2) is 12.4 Å². The predicted molar refractivity (Wildman–Crippen MR) is 110 cm³/mol. The molecular formula is C22H20FN3O5.